The highest BCUT2D eigenvalue weighted by atomic mass is 32.1. The highest BCUT2D eigenvalue weighted by Gasteiger charge is 2.29. The van der Waals surface area contributed by atoms with Gasteiger partial charge in [-0.2, -0.15) is 17.7 Å². The van der Waals surface area contributed by atoms with Gasteiger partial charge in [-0.1, -0.05) is 6.07 Å². The molecule has 1 aliphatic rings. The molecule has 1 aromatic carbocycles. The van der Waals surface area contributed by atoms with Crippen molar-refractivity contribution in [2.24, 2.45) is 0 Å². The summed E-state index contributed by atoms with van der Waals surface area (Å²) in [6.07, 6.45) is 2.27. The average molecular weight is 233 g/mol. The van der Waals surface area contributed by atoms with Crippen LogP contribution < -0.4 is 4.90 Å². The summed E-state index contributed by atoms with van der Waals surface area (Å²) in [5, 5.41) is 8.02. The van der Waals surface area contributed by atoms with E-state index in [1.165, 1.54) is 0 Å². The van der Waals surface area contributed by atoms with Crippen molar-refractivity contribution in [1.29, 1.82) is 0 Å². The van der Waals surface area contributed by atoms with Gasteiger partial charge in [0.05, 0.1) is 17.4 Å². The Kier molecular flexibility index (Phi) is 2.14. The Balaban J connectivity index is 2.12. The average Bonchev–Trinajstić information content (AvgIpc) is 2.84. The summed E-state index contributed by atoms with van der Waals surface area (Å²) in [6.45, 7) is 0.673. The number of nitrogens with one attached hydrogen (secondary N) is 1. The van der Waals surface area contributed by atoms with Crippen molar-refractivity contribution < 1.29 is 4.79 Å². The summed E-state index contributed by atoms with van der Waals surface area (Å²) in [6, 6.07) is 5.82. The zero-order valence-corrected chi connectivity index (χ0v) is 9.45. The van der Waals surface area contributed by atoms with Crippen LogP contribution in [0.5, 0.6) is 0 Å². The van der Waals surface area contributed by atoms with Crippen LogP contribution in [-0.2, 0) is 4.79 Å². The van der Waals surface area contributed by atoms with Gasteiger partial charge in [0.25, 0.3) is 0 Å². The lowest BCUT2D eigenvalue weighted by Crippen LogP contribution is -2.24. The molecule has 0 aliphatic carbocycles. The molecule has 4 nitrogen and oxygen atoms in total. The first-order valence-corrected chi connectivity index (χ1v) is 5.68. The predicted molar refractivity (Wildman–Crippen MR) is 65.8 cm³/mol. The van der Waals surface area contributed by atoms with Crippen molar-refractivity contribution in [1.82, 2.24) is 10.2 Å². The zero-order chi connectivity index (χ0) is 11.1. The van der Waals surface area contributed by atoms with E-state index >= 15 is 0 Å². The van der Waals surface area contributed by atoms with Crippen molar-refractivity contribution >= 4 is 35.1 Å². The van der Waals surface area contributed by atoms with Crippen LogP contribution in [0.3, 0.4) is 0 Å². The number of rotatable bonds is 1. The quantitative estimate of drug-likeness (QED) is 0.735. The lowest BCUT2D eigenvalue weighted by atomic mass is 10.2. The summed E-state index contributed by atoms with van der Waals surface area (Å²) in [4.78, 5) is 13.6. The fraction of sp³-hybridized carbons (Fsp3) is 0.273. The predicted octanol–water partition coefficient (Wildman–Crippen LogP) is 1.60. The Labute approximate surface area is 98.0 Å². The van der Waals surface area contributed by atoms with Crippen LogP contribution in [0.25, 0.3) is 10.9 Å². The minimum absolute atomic E-state index is 0.133. The fourth-order valence-electron chi connectivity index (χ4n) is 2.11. The van der Waals surface area contributed by atoms with Crippen LogP contribution in [0.4, 0.5) is 5.69 Å². The van der Waals surface area contributed by atoms with Gasteiger partial charge in [-0.25, -0.2) is 0 Å². The molecular weight excluding hydrogens is 222 g/mol. The number of benzene rings is 1. The molecule has 1 aromatic heterocycles. The molecule has 0 saturated carbocycles. The van der Waals surface area contributed by atoms with E-state index in [0.717, 1.165) is 16.6 Å². The third-order valence-electron chi connectivity index (χ3n) is 2.86. The van der Waals surface area contributed by atoms with E-state index in [0.29, 0.717) is 13.0 Å². The molecule has 82 valence electrons. The smallest absolute Gasteiger partial charge is 0.228 e. The zero-order valence-electron chi connectivity index (χ0n) is 8.55. The van der Waals surface area contributed by atoms with Crippen LogP contribution in [-0.4, -0.2) is 27.9 Å². The van der Waals surface area contributed by atoms with E-state index in [9.17, 15) is 4.79 Å². The van der Waals surface area contributed by atoms with E-state index < -0.39 is 0 Å². The van der Waals surface area contributed by atoms with Gasteiger partial charge in [0.1, 0.15) is 0 Å². The normalized spacial score (nSPS) is 20.9. The van der Waals surface area contributed by atoms with Gasteiger partial charge in [0.15, 0.2) is 0 Å². The van der Waals surface area contributed by atoms with Gasteiger partial charge in [0, 0.05) is 23.6 Å². The molecule has 5 heteroatoms. The number of aromatic nitrogens is 2. The maximum Gasteiger partial charge on any atom is 0.228 e. The monoisotopic (exact) mass is 233 g/mol. The minimum Gasteiger partial charge on any atom is -0.311 e. The van der Waals surface area contributed by atoms with E-state index in [-0.39, 0.29) is 11.2 Å². The van der Waals surface area contributed by atoms with E-state index in [1.54, 1.807) is 11.1 Å². The van der Waals surface area contributed by atoms with Gasteiger partial charge in [-0.05, 0) is 12.1 Å². The van der Waals surface area contributed by atoms with Crippen molar-refractivity contribution in [2.75, 3.05) is 11.4 Å². The van der Waals surface area contributed by atoms with Gasteiger partial charge in [0.2, 0.25) is 5.91 Å². The Morgan fingerprint density at radius 1 is 1.50 bits per heavy atom. The molecule has 0 bridgehead atoms. The first kappa shape index (κ1) is 9.72. The highest BCUT2D eigenvalue weighted by molar-refractivity contribution is 7.81. The lowest BCUT2D eigenvalue weighted by molar-refractivity contribution is -0.117. The van der Waals surface area contributed by atoms with Crippen molar-refractivity contribution in [2.45, 2.75) is 11.7 Å². The summed E-state index contributed by atoms with van der Waals surface area (Å²) in [5.74, 6) is 0.133. The molecule has 2 aromatic rings. The maximum atomic E-state index is 11.8. The summed E-state index contributed by atoms with van der Waals surface area (Å²) in [7, 11) is 0. The number of thiol groups is 1. The second-order valence-electron chi connectivity index (χ2n) is 3.97. The molecule has 1 N–H and O–H groups in total. The second kappa shape index (κ2) is 3.52. The SMILES string of the molecule is O=C1CC(S)CN1c1cccc2[nH]ncc12. The van der Waals surface area contributed by atoms with Crippen LogP contribution in [0, 0.1) is 0 Å². The number of hydrogen-bond acceptors (Lipinski definition) is 3. The molecule has 3 rings (SSSR count). The number of hydrogen-bond donors (Lipinski definition) is 2. The summed E-state index contributed by atoms with van der Waals surface area (Å²) in [5.41, 5.74) is 1.88. The first-order valence-electron chi connectivity index (χ1n) is 5.16. The molecule has 1 amide bonds. The summed E-state index contributed by atoms with van der Waals surface area (Å²) >= 11 is 4.35. The minimum atomic E-state index is 0.133. The molecule has 1 aliphatic heterocycles. The fourth-order valence-corrected chi connectivity index (χ4v) is 2.43. The van der Waals surface area contributed by atoms with Crippen molar-refractivity contribution in [3.05, 3.63) is 24.4 Å². The summed E-state index contributed by atoms with van der Waals surface area (Å²) < 4.78 is 0. The van der Waals surface area contributed by atoms with Crippen molar-refractivity contribution in [3.8, 4) is 0 Å². The molecule has 16 heavy (non-hydrogen) atoms. The van der Waals surface area contributed by atoms with E-state index in [1.807, 2.05) is 18.2 Å². The molecular formula is C11H11N3OS. The Morgan fingerprint density at radius 2 is 2.38 bits per heavy atom. The number of H-pyrrole nitrogens is 1. The number of nitrogens with zero attached hydrogens (tertiary/aromatic N) is 2. The van der Waals surface area contributed by atoms with Crippen molar-refractivity contribution in [3.63, 3.8) is 0 Å². The Bertz CT molecular complexity index is 551. The lowest BCUT2D eigenvalue weighted by Gasteiger charge is -2.16. The number of aromatic amines is 1. The van der Waals surface area contributed by atoms with Crippen LogP contribution in [0.2, 0.25) is 0 Å². The number of fused-ring (bicyclic) bond motifs is 1. The maximum absolute atomic E-state index is 11.8. The standard InChI is InChI=1S/C11H11N3OS/c15-11-4-7(16)6-14(11)10-3-1-2-9-8(10)5-12-13-9/h1-3,5,7,16H,4,6H2,(H,12,13). The van der Waals surface area contributed by atoms with Gasteiger partial charge in [-0.3, -0.25) is 9.89 Å². The number of carbonyl (C=O) groups is 1. The van der Waals surface area contributed by atoms with E-state index in [4.69, 9.17) is 0 Å². The number of anilines is 1. The number of amides is 1. The van der Waals surface area contributed by atoms with E-state index in [2.05, 4.69) is 22.8 Å². The van der Waals surface area contributed by atoms with Gasteiger partial charge < -0.3 is 4.90 Å². The molecule has 1 fully saturated rings. The van der Waals surface area contributed by atoms with Crippen LogP contribution in [0.1, 0.15) is 6.42 Å². The molecule has 1 atom stereocenters. The highest BCUT2D eigenvalue weighted by Crippen LogP contribution is 2.29. The largest absolute Gasteiger partial charge is 0.311 e. The molecule has 0 radical (unpaired) electrons. The van der Waals surface area contributed by atoms with Crippen LogP contribution >= 0.6 is 12.6 Å². The van der Waals surface area contributed by atoms with Gasteiger partial charge >= 0.3 is 0 Å². The molecule has 0 spiro atoms. The Hall–Kier alpha value is -1.49. The molecule has 1 unspecified atom stereocenters. The third kappa shape index (κ3) is 1.39. The number of carbonyl (C=O) groups excluding carboxylic acids is 1. The molecule has 2 heterocycles. The Morgan fingerprint density at radius 3 is 3.12 bits per heavy atom. The van der Waals surface area contributed by atoms with Gasteiger partial charge in [-0.15, -0.1) is 0 Å². The first-order chi connectivity index (χ1) is 7.75. The topological polar surface area (TPSA) is 49.0 Å². The second-order valence-corrected chi connectivity index (χ2v) is 4.70. The molecule has 1 saturated heterocycles. The van der Waals surface area contributed by atoms with Crippen LogP contribution in [0.15, 0.2) is 24.4 Å². The third-order valence-corrected chi connectivity index (χ3v) is 3.20.